The lowest BCUT2D eigenvalue weighted by atomic mass is 10.1. The lowest BCUT2D eigenvalue weighted by Gasteiger charge is -2.14. The van der Waals surface area contributed by atoms with E-state index in [4.69, 9.17) is 72.1 Å². The molecule has 0 aromatic heterocycles. The Kier molecular flexibility index (Phi) is 22.6. The van der Waals surface area contributed by atoms with Gasteiger partial charge in [-0.3, -0.25) is 18.0 Å². The van der Waals surface area contributed by atoms with Gasteiger partial charge in [-0.15, -0.1) is 47.3 Å². The number of phenolic OH excluding ortho intramolecular Hbond substituents is 1. The van der Waals surface area contributed by atoms with E-state index in [0.29, 0.717) is 42.4 Å². The monoisotopic (exact) mass is 1330 g/mol. The first-order chi connectivity index (χ1) is 30.4. The van der Waals surface area contributed by atoms with Gasteiger partial charge in [-0.25, -0.2) is 0 Å². The van der Waals surface area contributed by atoms with Crippen LogP contribution >= 0.6 is 126 Å². The second-order valence-corrected chi connectivity index (χ2v) is 26.9. The van der Waals surface area contributed by atoms with Gasteiger partial charge in [0.2, 0.25) is 0 Å². The maximum atomic E-state index is 11.3. The normalized spacial score (nSPS) is 16.7. The number of aromatic hydroxyl groups is 1. The molecule has 4 fully saturated rings. The summed E-state index contributed by atoms with van der Waals surface area (Å²) in [5.74, 6) is 2.81. The molecule has 4 aliphatic rings. The first-order valence-electron chi connectivity index (χ1n) is 19.4. The molecule has 65 heavy (non-hydrogen) atoms. The molecule has 4 aromatic rings. The van der Waals surface area contributed by atoms with Crippen molar-refractivity contribution >= 4 is 162 Å². The number of nitrogens with two attached hydrogens (primary N) is 2. The highest BCUT2D eigenvalue weighted by atomic mass is 79.9. The minimum Gasteiger partial charge on any atom is -0.768 e. The third-order valence-corrected chi connectivity index (χ3v) is 13.2. The Hall–Kier alpha value is -0.815. The number of ketones is 2. The molecule has 0 amide bonds. The average molecular weight is 1340 g/mol. The predicted molar refractivity (Wildman–Crippen MR) is 273 cm³/mol. The zero-order valence-corrected chi connectivity index (χ0v) is 46.7. The first-order valence-corrected chi connectivity index (χ1v) is 27.4. The van der Waals surface area contributed by atoms with E-state index in [0.717, 1.165) is 38.5 Å². The maximum Gasteiger partial charge on any atom is 0.369 e. The number of benzene rings is 4. The Morgan fingerprint density at radius 2 is 1.03 bits per heavy atom. The van der Waals surface area contributed by atoms with Crippen LogP contribution < -0.4 is 25.7 Å². The van der Waals surface area contributed by atoms with Crippen LogP contribution in [0.4, 0.5) is 0 Å². The molecule has 2 atom stereocenters. The lowest BCUT2D eigenvalue weighted by Crippen LogP contribution is -2.32. The number of carbonyl (C=O) groups excluding carboxylic acids is 2. The van der Waals surface area contributed by atoms with Crippen LogP contribution in [0, 0.1) is 11.8 Å². The largest absolute Gasteiger partial charge is 0.768 e. The lowest BCUT2D eigenvalue weighted by molar-refractivity contribution is -0.122. The predicted octanol–water partition coefficient (Wildman–Crippen LogP) is 13.1. The van der Waals surface area contributed by atoms with E-state index in [2.05, 4.69) is 79.1 Å². The van der Waals surface area contributed by atoms with E-state index < -0.39 is 22.2 Å². The number of rotatable bonds is 13. The van der Waals surface area contributed by atoms with Gasteiger partial charge in [0.1, 0.15) is 23.0 Å². The summed E-state index contributed by atoms with van der Waals surface area (Å²) in [5, 5.41) is 10.5. The molecular weight excluding hydrogens is 1300 g/mol. The van der Waals surface area contributed by atoms with Gasteiger partial charge in [0, 0.05) is 21.8 Å². The first kappa shape index (κ1) is 56.8. The molecule has 0 radical (unpaired) electrons. The van der Waals surface area contributed by atoms with Crippen molar-refractivity contribution in [1.29, 1.82) is 0 Å². The van der Waals surface area contributed by atoms with Crippen LogP contribution in [0.2, 0.25) is 20.1 Å². The van der Waals surface area contributed by atoms with Crippen molar-refractivity contribution in [3.8, 4) is 34.5 Å². The third kappa shape index (κ3) is 19.1. The topological polar surface area (TPSA) is 214 Å². The number of phenols is 1. The van der Waals surface area contributed by atoms with Crippen molar-refractivity contribution in [2.45, 2.75) is 85.1 Å². The van der Waals surface area contributed by atoms with E-state index in [1.54, 1.807) is 30.3 Å². The Morgan fingerprint density at radius 1 is 0.692 bits per heavy atom. The van der Waals surface area contributed by atoms with Crippen LogP contribution in [-0.4, -0.2) is 55.6 Å². The van der Waals surface area contributed by atoms with E-state index in [1.165, 1.54) is 63.1 Å². The molecular formula is C41H40BBr5Cl4N2O10S2-2. The molecule has 4 saturated carbocycles. The fourth-order valence-electron chi connectivity index (χ4n) is 5.43. The Morgan fingerprint density at radius 3 is 1.34 bits per heavy atom. The number of ether oxygens (including phenoxy) is 3. The number of hydrogen-bond donors (Lipinski definition) is 3. The summed E-state index contributed by atoms with van der Waals surface area (Å²) in [4.78, 5) is 22.2. The van der Waals surface area contributed by atoms with Crippen molar-refractivity contribution in [3.63, 3.8) is 0 Å². The molecule has 4 aliphatic carbocycles. The van der Waals surface area contributed by atoms with Crippen LogP contribution in [0.25, 0.3) is 0 Å². The van der Waals surface area contributed by atoms with Gasteiger partial charge in [-0.1, -0.05) is 78.3 Å². The summed E-state index contributed by atoms with van der Waals surface area (Å²) in [6.45, 7) is 0. The molecule has 0 spiro atoms. The fourth-order valence-corrected chi connectivity index (χ4v) is 8.98. The molecule has 0 aliphatic heterocycles. The van der Waals surface area contributed by atoms with Gasteiger partial charge in [-0.2, -0.15) is 0 Å². The van der Waals surface area contributed by atoms with E-state index in [-0.39, 0.29) is 68.6 Å². The SMILES string of the molecule is BrB(Br)Br.COc1ccc(Oc2c(Cl)cc(Br)cc2Cl)cc1S(=O)[O-].NC1(C(=O)CC2CC2)CC1.NC1(C(=O)CC2CC2)CC1.O=S([O-])c1cc(Oc2c(Cl)cc(Br)cc2Cl)ccc1O. The minimum absolute atomic E-state index is 0.0145. The number of Topliss-reactive ketones (excluding diaryl/α,β-unsaturated/α-hetero) is 2. The molecule has 8 rings (SSSR count). The van der Waals surface area contributed by atoms with Crippen LogP contribution in [0.1, 0.15) is 64.2 Å². The van der Waals surface area contributed by atoms with E-state index in [9.17, 15) is 32.2 Å². The third-order valence-electron chi connectivity index (χ3n) is 9.82. The molecule has 24 heteroatoms. The van der Waals surface area contributed by atoms with E-state index in [1.807, 2.05) is 0 Å². The quantitative estimate of drug-likeness (QED) is 0.0842. The van der Waals surface area contributed by atoms with Crippen molar-refractivity contribution < 1.29 is 46.4 Å². The zero-order chi connectivity index (χ0) is 48.4. The van der Waals surface area contributed by atoms with Crippen LogP contribution in [-0.2, 0) is 31.7 Å². The number of methoxy groups -OCH3 is 1. The molecule has 0 saturated heterocycles. The Labute approximate surface area is 444 Å². The van der Waals surface area contributed by atoms with Crippen LogP contribution in [0.15, 0.2) is 79.4 Å². The van der Waals surface area contributed by atoms with Gasteiger partial charge in [0.25, 0.3) is 0 Å². The minimum atomic E-state index is -2.58. The zero-order valence-electron chi connectivity index (χ0n) is 34.1. The van der Waals surface area contributed by atoms with Gasteiger partial charge < -0.3 is 39.9 Å². The second kappa shape index (κ2) is 25.9. The highest BCUT2D eigenvalue weighted by molar-refractivity contribution is 9.69. The van der Waals surface area contributed by atoms with Crippen molar-refractivity contribution in [2.75, 3.05) is 7.11 Å². The number of hydrogen-bond acceptors (Lipinski definition) is 12. The second-order valence-electron chi connectivity index (χ2n) is 15.2. The van der Waals surface area contributed by atoms with Crippen LogP contribution in [0.3, 0.4) is 0 Å². The number of carbonyl (C=O) groups is 2. The van der Waals surface area contributed by atoms with Crippen molar-refractivity contribution in [2.24, 2.45) is 23.3 Å². The molecule has 5 N–H and O–H groups in total. The summed E-state index contributed by atoms with van der Waals surface area (Å²) in [6.07, 6.45) is 10.2. The number of halogens is 9. The standard InChI is InChI=1S/C13H9BrCl2O4S.C12H7BrCl2O4S.2C8H13NO.BBr3/c1-19-11-3-2-8(6-12(11)21(17)18)20-13-9(15)4-7(14)5-10(13)16;13-6-3-8(14)12(9(15)4-6)19-7-1-2-10(16)11(5-7)20(17)18;2*9-8(3-4-8)7(10)5-6-1-2-6;2-1(3)4/h2-6H,1H3,(H,17,18);1-5,16H,(H,17,18);2*6H,1-5,9H2;/p-2. The van der Waals surface area contributed by atoms with Crippen LogP contribution in [0.5, 0.6) is 34.5 Å². The average Bonchev–Trinajstić information content (AvgIpc) is 3.99. The molecule has 12 nitrogen and oxygen atoms in total. The summed E-state index contributed by atoms with van der Waals surface area (Å²) >= 11 is 34.9. The van der Waals surface area contributed by atoms with Crippen molar-refractivity contribution in [1.82, 2.24) is 0 Å². The van der Waals surface area contributed by atoms with Gasteiger partial charge in [0.05, 0.1) is 48.1 Å². The highest BCUT2D eigenvalue weighted by Crippen LogP contribution is 2.43. The summed E-state index contributed by atoms with van der Waals surface area (Å²) in [5.41, 5.74) is 10.7. The Balaban J connectivity index is 0.000000193. The molecule has 0 heterocycles. The smallest absolute Gasteiger partial charge is 0.369 e. The Bertz CT molecular complexity index is 2310. The van der Waals surface area contributed by atoms with Gasteiger partial charge >= 0.3 is 3.18 Å². The van der Waals surface area contributed by atoms with Gasteiger partial charge in [0.15, 0.2) is 23.1 Å². The summed E-state index contributed by atoms with van der Waals surface area (Å²) in [6, 6.07) is 14.6. The van der Waals surface area contributed by atoms with E-state index >= 15 is 0 Å². The molecule has 354 valence electrons. The molecule has 4 aromatic carbocycles. The molecule has 0 bridgehead atoms. The molecule has 2 unspecified atom stereocenters. The highest BCUT2D eigenvalue weighted by Gasteiger charge is 2.47. The van der Waals surface area contributed by atoms with Gasteiger partial charge in [-0.05, 0) is 146 Å². The summed E-state index contributed by atoms with van der Waals surface area (Å²) in [7, 11) is 1.38. The summed E-state index contributed by atoms with van der Waals surface area (Å²) < 4.78 is 61.9. The fraction of sp³-hybridized carbons (Fsp3) is 0.366. The maximum absolute atomic E-state index is 11.3. The van der Waals surface area contributed by atoms with Crippen molar-refractivity contribution in [3.05, 3.63) is 89.7 Å².